The van der Waals surface area contributed by atoms with Crippen LogP contribution in [0, 0.1) is 20.8 Å². The highest BCUT2D eigenvalue weighted by Gasteiger charge is 2.18. The van der Waals surface area contributed by atoms with Crippen LogP contribution >= 0.6 is 11.6 Å². The summed E-state index contributed by atoms with van der Waals surface area (Å²) in [6, 6.07) is 7.38. The average molecular weight is 455 g/mol. The van der Waals surface area contributed by atoms with Gasteiger partial charge in [-0.05, 0) is 56.5 Å². The highest BCUT2D eigenvalue weighted by Crippen LogP contribution is 2.22. The van der Waals surface area contributed by atoms with Crippen molar-refractivity contribution < 1.29 is 9.53 Å². The number of nitrogens with zero attached hydrogens (tertiary/aromatic N) is 5. The molecule has 0 bridgehead atoms. The highest BCUT2D eigenvalue weighted by atomic mass is 35.5. The van der Waals surface area contributed by atoms with Crippen molar-refractivity contribution in [2.75, 3.05) is 36.5 Å². The molecule has 1 fully saturated rings. The zero-order valence-corrected chi connectivity index (χ0v) is 19.3. The zero-order valence-electron chi connectivity index (χ0n) is 18.6. The lowest BCUT2D eigenvalue weighted by molar-refractivity contribution is -0.116. The molecule has 1 N–H and O–H groups in total. The molecule has 32 heavy (non-hydrogen) atoms. The number of morpholine rings is 1. The molecule has 1 aromatic carbocycles. The maximum absolute atomic E-state index is 12.5. The number of amides is 1. The summed E-state index contributed by atoms with van der Waals surface area (Å²) in [6.07, 6.45) is 2.52. The number of hydrogen-bond acceptors (Lipinski definition) is 6. The minimum Gasteiger partial charge on any atom is -0.378 e. The maximum atomic E-state index is 12.5. The molecule has 4 rings (SSSR count). The van der Waals surface area contributed by atoms with E-state index in [-0.39, 0.29) is 5.91 Å². The van der Waals surface area contributed by atoms with E-state index in [4.69, 9.17) is 16.3 Å². The maximum Gasteiger partial charge on any atom is 0.224 e. The molecule has 0 spiro atoms. The number of carbonyl (C=O) groups is 1. The Labute approximate surface area is 192 Å². The molecule has 3 heterocycles. The Morgan fingerprint density at radius 1 is 1.12 bits per heavy atom. The second kappa shape index (κ2) is 9.67. The summed E-state index contributed by atoms with van der Waals surface area (Å²) < 4.78 is 7.26. The zero-order chi connectivity index (χ0) is 22.7. The second-order valence-electron chi connectivity index (χ2n) is 7.90. The lowest BCUT2D eigenvalue weighted by Crippen LogP contribution is -2.36. The Morgan fingerprint density at radius 3 is 2.62 bits per heavy atom. The fourth-order valence-electron chi connectivity index (χ4n) is 3.90. The van der Waals surface area contributed by atoms with E-state index >= 15 is 0 Å². The van der Waals surface area contributed by atoms with Gasteiger partial charge < -0.3 is 15.0 Å². The Hall–Kier alpha value is -2.97. The molecule has 2 aromatic heterocycles. The van der Waals surface area contributed by atoms with Gasteiger partial charge in [0.1, 0.15) is 12.1 Å². The van der Waals surface area contributed by atoms with Crippen molar-refractivity contribution >= 4 is 29.0 Å². The van der Waals surface area contributed by atoms with Crippen LogP contribution in [0.2, 0.25) is 5.02 Å². The van der Waals surface area contributed by atoms with Crippen LogP contribution in [-0.4, -0.2) is 52.0 Å². The third kappa shape index (κ3) is 4.92. The van der Waals surface area contributed by atoms with Crippen LogP contribution in [-0.2, 0) is 16.0 Å². The van der Waals surface area contributed by atoms with Gasteiger partial charge in [0.2, 0.25) is 5.91 Å². The first-order valence-electron chi connectivity index (χ1n) is 10.7. The quantitative estimate of drug-likeness (QED) is 0.612. The van der Waals surface area contributed by atoms with E-state index < -0.39 is 0 Å². The summed E-state index contributed by atoms with van der Waals surface area (Å²) >= 11 is 6.00. The van der Waals surface area contributed by atoms with Crippen molar-refractivity contribution in [1.29, 1.82) is 0 Å². The van der Waals surface area contributed by atoms with Gasteiger partial charge in [0, 0.05) is 42.0 Å². The Morgan fingerprint density at radius 2 is 1.88 bits per heavy atom. The van der Waals surface area contributed by atoms with E-state index in [0.29, 0.717) is 31.1 Å². The molecule has 1 saturated heterocycles. The first-order chi connectivity index (χ1) is 15.4. The summed E-state index contributed by atoms with van der Waals surface area (Å²) in [5.74, 6) is 1.54. The van der Waals surface area contributed by atoms with Gasteiger partial charge in [0.25, 0.3) is 0 Å². The van der Waals surface area contributed by atoms with Crippen LogP contribution in [0.25, 0.3) is 5.82 Å². The third-order valence-electron chi connectivity index (χ3n) is 5.70. The molecule has 0 atom stereocenters. The van der Waals surface area contributed by atoms with Gasteiger partial charge in [-0.1, -0.05) is 11.6 Å². The van der Waals surface area contributed by atoms with Crippen molar-refractivity contribution in [2.45, 2.75) is 33.6 Å². The summed E-state index contributed by atoms with van der Waals surface area (Å²) in [5.41, 5.74) is 4.64. The smallest absolute Gasteiger partial charge is 0.224 e. The van der Waals surface area contributed by atoms with E-state index in [9.17, 15) is 4.79 Å². The van der Waals surface area contributed by atoms with Gasteiger partial charge in [-0.25, -0.2) is 14.6 Å². The normalized spacial score (nSPS) is 13.9. The minimum atomic E-state index is -0.0430. The number of hydrogen-bond donors (Lipinski definition) is 1. The third-order valence-corrected chi connectivity index (χ3v) is 5.93. The lowest BCUT2D eigenvalue weighted by Gasteiger charge is -2.27. The van der Waals surface area contributed by atoms with Crippen molar-refractivity contribution in [3.8, 4) is 5.82 Å². The fourth-order valence-corrected chi connectivity index (χ4v) is 4.12. The second-order valence-corrected chi connectivity index (χ2v) is 8.34. The number of ether oxygens (including phenoxy) is 1. The van der Waals surface area contributed by atoms with E-state index in [0.717, 1.165) is 52.9 Å². The minimum absolute atomic E-state index is 0.0430. The van der Waals surface area contributed by atoms with E-state index in [1.165, 1.54) is 0 Å². The van der Waals surface area contributed by atoms with Crippen LogP contribution in [0.15, 0.2) is 30.6 Å². The van der Waals surface area contributed by atoms with Crippen molar-refractivity contribution in [3.63, 3.8) is 0 Å². The predicted molar refractivity (Wildman–Crippen MR) is 125 cm³/mol. The van der Waals surface area contributed by atoms with Crippen LogP contribution in [0.1, 0.15) is 28.9 Å². The predicted octanol–water partition coefficient (Wildman–Crippen LogP) is 3.65. The molecule has 1 amide bonds. The largest absolute Gasteiger partial charge is 0.378 e. The van der Waals surface area contributed by atoms with Crippen molar-refractivity contribution in [2.24, 2.45) is 0 Å². The molecule has 9 heteroatoms. The Kier molecular flexibility index (Phi) is 6.72. The van der Waals surface area contributed by atoms with Gasteiger partial charge in [-0.3, -0.25) is 4.79 Å². The first-order valence-corrected chi connectivity index (χ1v) is 11.1. The van der Waals surface area contributed by atoms with Crippen LogP contribution < -0.4 is 10.2 Å². The van der Waals surface area contributed by atoms with Crippen molar-refractivity contribution in [3.05, 3.63) is 58.1 Å². The molecule has 1 aliphatic heterocycles. The van der Waals surface area contributed by atoms with Crippen LogP contribution in [0.4, 0.5) is 11.5 Å². The number of nitrogens with one attached hydrogen (secondary N) is 1. The number of halogens is 1. The van der Waals surface area contributed by atoms with E-state index in [1.54, 1.807) is 12.4 Å². The van der Waals surface area contributed by atoms with Gasteiger partial charge in [0.15, 0.2) is 5.82 Å². The first kappa shape index (κ1) is 22.2. The van der Waals surface area contributed by atoms with Gasteiger partial charge in [-0.15, -0.1) is 0 Å². The average Bonchev–Trinajstić information content (AvgIpc) is 3.08. The summed E-state index contributed by atoms with van der Waals surface area (Å²) in [5, 5.41) is 8.31. The molecule has 3 aromatic rings. The molecular formula is C23H27ClN6O2. The Bertz CT molecular complexity index is 1120. The van der Waals surface area contributed by atoms with Gasteiger partial charge in [-0.2, -0.15) is 5.10 Å². The summed E-state index contributed by atoms with van der Waals surface area (Å²) in [6.45, 7) is 8.90. The SMILES string of the molecule is Cc1cc(Cl)ccc1NC(=O)CCc1c(C)nn(-c2cc(N3CCOCC3)ncn2)c1C. The number of rotatable bonds is 6. The monoisotopic (exact) mass is 454 g/mol. The highest BCUT2D eigenvalue weighted by molar-refractivity contribution is 6.30. The lowest BCUT2D eigenvalue weighted by atomic mass is 10.1. The van der Waals surface area contributed by atoms with Crippen LogP contribution in [0.3, 0.4) is 0 Å². The molecule has 0 radical (unpaired) electrons. The number of aryl methyl sites for hydroxylation is 2. The number of aromatic nitrogens is 4. The number of benzene rings is 1. The van der Waals surface area contributed by atoms with Gasteiger partial charge >= 0.3 is 0 Å². The molecule has 0 aliphatic carbocycles. The summed E-state index contributed by atoms with van der Waals surface area (Å²) in [7, 11) is 0. The van der Waals surface area contributed by atoms with E-state index in [1.807, 2.05) is 43.7 Å². The molecule has 0 saturated carbocycles. The van der Waals surface area contributed by atoms with E-state index in [2.05, 4.69) is 25.3 Å². The molecular weight excluding hydrogens is 428 g/mol. The topological polar surface area (TPSA) is 85.2 Å². The molecule has 1 aliphatic rings. The summed E-state index contributed by atoms with van der Waals surface area (Å²) in [4.78, 5) is 23.6. The fraction of sp³-hybridized carbons (Fsp3) is 0.391. The van der Waals surface area contributed by atoms with Crippen molar-refractivity contribution in [1.82, 2.24) is 19.7 Å². The molecule has 0 unspecified atom stereocenters. The van der Waals surface area contributed by atoms with Crippen LogP contribution in [0.5, 0.6) is 0 Å². The number of carbonyl (C=O) groups excluding carboxylic acids is 1. The van der Waals surface area contributed by atoms with Gasteiger partial charge in [0.05, 0.1) is 18.9 Å². The standard InChI is InChI=1S/C23H27ClN6O2/c1-15-12-18(24)4-6-20(15)27-23(31)7-5-19-16(2)28-30(17(19)3)22-13-21(25-14-26-22)29-8-10-32-11-9-29/h4,6,12-14H,5,7-11H2,1-3H3,(H,27,31). The Balaban J connectivity index is 1.47. The molecule has 8 nitrogen and oxygen atoms in total. The number of anilines is 2. The molecule has 168 valence electrons.